The zero-order valence-electron chi connectivity index (χ0n) is 20.6. The first kappa shape index (κ1) is 24.9. The summed E-state index contributed by atoms with van der Waals surface area (Å²) in [7, 11) is 0. The van der Waals surface area contributed by atoms with Crippen LogP contribution >= 0.6 is 0 Å². The molecule has 0 amide bonds. The molecule has 2 aliphatic heterocycles. The number of benzene rings is 2. The van der Waals surface area contributed by atoms with E-state index in [1.807, 2.05) is 30.3 Å². The Hall–Kier alpha value is -2.21. The lowest BCUT2D eigenvalue weighted by atomic mass is 9.84. The van der Waals surface area contributed by atoms with E-state index in [-0.39, 0.29) is 11.5 Å². The second-order valence-corrected chi connectivity index (χ2v) is 9.96. The van der Waals surface area contributed by atoms with Gasteiger partial charge in [-0.15, -0.1) is 0 Å². The van der Waals surface area contributed by atoms with Crippen molar-refractivity contribution in [2.24, 2.45) is 0 Å². The summed E-state index contributed by atoms with van der Waals surface area (Å²) in [5.74, 6) is -0.108. The number of piperidine rings is 1. The van der Waals surface area contributed by atoms with Gasteiger partial charge in [0.15, 0.2) is 0 Å². The van der Waals surface area contributed by atoms with Gasteiger partial charge in [-0.25, -0.2) is 0 Å². The van der Waals surface area contributed by atoms with Crippen LogP contribution in [0.4, 0.5) is 0 Å². The molecule has 0 atom stereocenters. The third kappa shape index (κ3) is 7.39. The maximum atomic E-state index is 12.6. The predicted octanol–water partition coefficient (Wildman–Crippen LogP) is 4.27. The highest BCUT2D eigenvalue weighted by Gasteiger charge is 2.42. The van der Waals surface area contributed by atoms with Gasteiger partial charge in [0.2, 0.25) is 0 Å². The van der Waals surface area contributed by atoms with Crippen LogP contribution < -0.4 is 5.32 Å². The van der Waals surface area contributed by atoms with Gasteiger partial charge in [-0.3, -0.25) is 9.69 Å². The van der Waals surface area contributed by atoms with Gasteiger partial charge < -0.3 is 15.0 Å². The van der Waals surface area contributed by atoms with Crippen molar-refractivity contribution in [2.45, 2.75) is 57.1 Å². The fourth-order valence-corrected chi connectivity index (χ4v) is 5.42. The molecule has 0 bridgehead atoms. The maximum Gasteiger partial charge on any atom is 0.320 e. The van der Waals surface area contributed by atoms with Crippen molar-refractivity contribution < 1.29 is 9.53 Å². The molecule has 2 saturated heterocycles. The number of esters is 1. The molecule has 2 aromatic rings. The van der Waals surface area contributed by atoms with E-state index >= 15 is 0 Å². The van der Waals surface area contributed by atoms with Crippen molar-refractivity contribution in [3.63, 3.8) is 0 Å². The summed E-state index contributed by atoms with van der Waals surface area (Å²) < 4.78 is 5.59. The van der Waals surface area contributed by atoms with Gasteiger partial charge in [0.1, 0.15) is 6.61 Å². The van der Waals surface area contributed by atoms with Crippen LogP contribution in [-0.2, 0) is 22.6 Å². The van der Waals surface area contributed by atoms with Crippen LogP contribution in [0.15, 0.2) is 60.7 Å². The molecule has 1 spiro atoms. The number of likely N-dealkylation sites (tertiary alicyclic amines) is 1. The third-order valence-electron chi connectivity index (χ3n) is 7.57. The summed E-state index contributed by atoms with van der Waals surface area (Å²) in [6.45, 7) is 7.05. The van der Waals surface area contributed by atoms with Crippen LogP contribution in [-0.4, -0.2) is 67.1 Å². The van der Waals surface area contributed by atoms with Crippen molar-refractivity contribution >= 4 is 5.97 Å². The van der Waals surface area contributed by atoms with Gasteiger partial charge in [0.05, 0.1) is 6.54 Å². The highest BCUT2D eigenvalue weighted by molar-refractivity contribution is 5.71. The number of hydrogen-bond donors (Lipinski definition) is 1. The number of nitrogens with one attached hydrogen (secondary N) is 1. The van der Waals surface area contributed by atoms with Crippen molar-refractivity contribution in [2.75, 3.05) is 45.8 Å². The topological polar surface area (TPSA) is 44.8 Å². The average molecular weight is 464 g/mol. The van der Waals surface area contributed by atoms with Crippen LogP contribution in [0.3, 0.4) is 0 Å². The molecule has 5 nitrogen and oxygen atoms in total. The molecule has 34 heavy (non-hydrogen) atoms. The number of carbonyl (C=O) groups is 1. The number of hydrogen-bond acceptors (Lipinski definition) is 5. The van der Waals surface area contributed by atoms with E-state index in [2.05, 4.69) is 45.4 Å². The molecule has 1 N–H and O–H groups in total. The fraction of sp³-hybridized carbons (Fsp3) is 0.552. The molecule has 2 aromatic carbocycles. The molecule has 2 aliphatic rings. The zero-order chi connectivity index (χ0) is 23.5. The summed E-state index contributed by atoms with van der Waals surface area (Å²) >= 11 is 0. The molecule has 0 saturated carbocycles. The second-order valence-electron chi connectivity index (χ2n) is 9.96. The van der Waals surface area contributed by atoms with Crippen LogP contribution in [0.25, 0.3) is 0 Å². The molecule has 2 heterocycles. The van der Waals surface area contributed by atoms with Gasteiger partial charge in [-0.1, -0.05) is 73.5 Å². The molecule has 5 heteroatoms. The molecule has 2 fully saturated rings. The van der Waals surface area contributed by atoms with Gasteiger partial charge in [0.25, 0.3) is 0 Å². The van der Waals surface area contributed by atoms with E-state index in [1.165, 1.54) is 44.2 Å². The number of aryl methyl sites for hydroxylation is 1. The molecule has 0 unspecified atom stereocenters. The Morgan fingerprint density at radius 2 is 1.53 bits per heavy atom. The van der Waals surface area contributed by atoms with E-state index in [4.69, 9.17) is 4.74 Å². The second kappa shape index (κ2) is 13.0. The Morgan fingerprint density at radius 3 is 2.26 bits per heavy atom. The number of unbranched alkanes of at least 4 members (excludes halogenated alkanes) is 3. The van der Waals surface area contributed by atoms with Crippen molar-refractivity contribution in [3.05, 3.63) is 71.8 Å². The summed E-state index contributed by atoms with van der Waals surface area (Å²) in [5.41, 5.74) is 2.59. The maximum absolute atomic E-state index is 12.6. The van der Waals surface area contributed by atoms with Gasteiger partial charge in [-0.2, -0.15) is 0 Å². The first-order valence-electron chi connectivity index (χ1n) is 13.2. The minimum atomic E-state index is -0.108. The Labute approximate surface area is 205 Å². The summed E-state index contributed by atoms with van der Waals surface area (Å²) in [5, 5.41) is 3.59. The van der Waals surface area contributed by atoms with E-state index in [0.717, 1.165) is 51.1 Å². The lowest BCUT2D eigenvalue weighted by Crippen LogP contribution is -2.65. The summed E-state index contributed by atoms with van der Waals surface area (Å²) in [4.78, 5) is 17.6. The standard InChI is InChI=1S/C29H41N3O2/c33-28(34-24-27-14-8-4-9-15-27)23-32-22-18-30-25-29(32)16-20-31(21-17-29)19-10-2-1-5-11-26-12-6-3-7-13-26/h3-4,6-9,12-15,30H,1-2,5,10-11,16-25H2. The summed E-state index contributed by atoms with van der Waals surface area (Å²) in [6.07, 6.45) is 8.65. The number of carbonyl (C=O) groups excluding carboxylic acids is 1. The minimum Gasteiger partial charge on any atom is -0.460 e. The quantitative estimate of drug-likeness (QED) is 0.398. The molecule has 0 aromatic heterocycles. The average Bonchev–Trinajstić information content (AvgIpc) is 2.89. The number of piperazine rings is 1. The Bertz CT molecular complexity index is 850. The number of rotatable bonds is 11. The minimum absolute atomic E-state index is 0.0935. The number of nitrogens with zero attached hydrogens (tertiary/aromatic N) is 2. The van der Waals surface area contributed by atoms with Crippen molar-refractivity contribution in [1.29, 1.82) is 0 Å². The Morgan fingerprint density at radius 1 is 0.853 bits per heavy atom. The van der Waals surface area contributed by atoms with Crippen LogP contribution in [0.2, 0.25) is 0 Å². The van der Waals surface area contributed by atoms with Gasteiger partial charge in [-0.05, 0) is 62.9 Å². The molecular weight excluding hydrogens is 422 g/mol. The molecule has 184 valence electrons. The molecular formula is C29H41N3O2. The van der Waals surface area contributed by atoms with Gasteiger partial charge in [0, 0.05) is 25.2 Å². The third-order valence-corrected chi connectivity index (χ3v) is 7.57. The van der Waals surface area contributed by atoms with Crippen LogP contribution in [0.1, 0.15) is 49.7 Å². The molecule has 4 rings (SSSR count). The lowest BCUT2D eigenvalue weighted by Gasteiger charge is -2.51. The lowest BCUT2D eigenvalue weighted by molar-refractivity contribution is -0.149. The molecule has 0 aliphatic carbocycles. The largest absolute Gasteiger partial charge is 0.460 e. The van der Waals surface area contributed by atoms with Gasteiger partial charge >= 0.3 is 5.97 Å². The van der Waals surface area contributed by atoms with Crippen LogP contribution in [0.5, 0.6) is 0 Å². The normalized spacial score (nSPS) is 18.7. The first-order valence-corrected chi connectivity index (χ1v) is 13.2. The first-order chi connectivity index (χ1) is 16.7. The Kier molecular flexibility index (Phi) is 9.54. The van der Waals surface area contributed by atoms with E-state index in [0.29, 0.717) is 13.2 Å². The SMILES string of the molecule is O=C(CN1CCNCC12CCN(CCCCCCc1ccccc1)CC2)OCc1ccccc1. The van der Waals surface area contributed by atoms with E-state index in [9.17, 15) is 4.79 Å². The predicted molar refractivity (Wildman–Crippen MR) is 138 cm³/mol. The highest BCUT2D eigenvalue weighted by Crippen LogP contribution is 2.30. The van der Waals surface area contributed by atoms with E-state index < -0.39 is 0 Å². The highest BCUT2D eigenvalue weighted by atomic mass is 16.5. The monoisotopic (exact) mass is 463 g/mol. The Balaban J connectivity index is 1.14. The smallest absolute Gasteiger partial charge is 0.320 e. The van der Waals surface area contributed by atoms with Crippen molar-refractivity contribution in [1.82, 2.24) is 15.1 Å². The van der Waals surface area contributed by atoms with Crippen molar-refractivity contribution in [3.8, 4) is 0 Å². The summed E-state index contributed by atoms with van der Waals surface area (Å²) in [6, 6.07) is 20.8. The van der Waals surface area contributed by atoms with Crippen LogP contribution in [0, 0.1) is 0 Å². The fourth-order valence-electron chi connectivity index (χ4n) is 5.42. The molecule has 0 radical (unpaired) electrons. The zero-order valence-corrected chi connectivity index (χ0v) is 20.6. The van der Waals surface area contributed by atoms with E-state index in [1.54, 1.807) is 0 Å². The number of ether oxygens (including phenoxy) is 1.